The third-order valence-electron chi connectivity index (χ3n) is 9.41. The summed E-state index contributed by atoms with van der Waals surface area (Å²) in [4.78, 5) is 4.72. The molecule has 0 unspecified atom stereocenters. The van der Waals surface area contributed by atoms with Crippen molar-refractivity contribution >= 4 is 21.8 Å². The molecule has 4 aromatic carbocycles. The Morgan fingerprint density at radius 1 is 0.674 bits per heavy atom. The molecule has 3 aromatic heterocycles. The first kappa shape index (κ1) is 29.5. The summed E-state index contributed by atoms with van der Waals surface area (Å²) in [5.74, 6) is 2.42. The van der Waals surface area contributed by atoms with E-state index in [-0.39, 0.29) is 0 Å². The molecule has 0 N–H and O–H groups in total. The van der Waals surface area contributed by atoms with E-state index >= 15 is 0 Å². The Kier molecular flexibility index (Phi) is 7.69. The summed E-state index contributed by atoms with van der Waals surface area (Å²) in [6.07, 6.45) is 9.16. The second-order valence-corrected chi connectivity index (χ2v) is 12.1. The summed E-state index contributed by atoms with van der Waals surface area (Å²) in [7, 11) is 0. The van der Waals surface area contributed by atoms with Crippen LogP contribution in [0.15, 0.2) is 97.5 Å². The van der Waals surface area contributed by atoms with E-state index in [1.165, 1.54) is 49.7 Å². The zero-order chi connectivity index (χ0) is 31.9. The first-order chi connectivity index (χ1) is 22.4. The highest BCUT2D eigenvalue weighted by molar-refractivity contribution is 6.09. The third-order valence-corrected chi connectivity index (χ3v) is 9.41. The Morgan fingerprint density at radius 2 is 1.39 bits per heavy atom. The predicted molar refractivity (Wildman–Crippen MR) is 190 cm³/mol. The van der Waals surface area contributed by atoms with Crippen molar-refractivity contribution < 1.29 is 4.74 Å². The highest BCUT2D eigenvalue weighted by Gasteiger charge is 2.19. The average molecular weight is 605 g/mol. The maximum absolute atomic E-state index is 6.50. The van der Waals surface area contributed by atoms with Gasteiger partial charge in [-0.1, -0.05) is 45.0 Å². The Balaban J connectivity index is 1.25. The topological polar surface area (TPSA) is 44.9 Å². The molecule has 46 heavy (non-hydrogen) atoms. The molecule has 0 spiro atoms. The Labute approximate surface area is 271 Å². The molecule has 5 heteroatoms. The van der Waals surface area contributed by atoms with Crippen molar-refractivity contribution in [3.05, 3.63) is 131 Å². The number of ether oxygens (including phenoxy) is 1. The fourth-order valence-electron chi connectivity index (χ4n) is 7.36. The van der Waals surface area contributed by atoms with E-state index in [1.807, 2.05) is 47.4 Å². The zero-order valence-corrected chi connectivity index (χ0v) is 27.6. The van der Waals surface area contributed by atoms with Gasteiger partial charge >= 0.3 is 0 Å². The molecule has 0 saturated carbocycles. The SMILES string of the molecule is CCc1c(C)c(-c2cnn(-c3cccc(Oc4ccc5c6ccccc6n(-c6cc(C)ccn6)c5c4)c3)c2)c(C)c(CC)c1CC. The number of benzene rings is 4. The van der Waals surface area contributed by atoms with Gasteiger partial charge in [0.1, 0.15) is 17.3 Å². The van der Waals surface area contributed by atoms with Crippen molar-refractivity contribution in [3.63, 3.8) is 0 Å². The maximum atomic E-state index is 6.50. The van der Waals surface area contributed by atoms with Crippen molar-refractivity contribution in [3.8, 4) is 34.1 Å². The minimum Gasteiger partial charge on any atom is -0.457 e. The number of nitrogens with zero attached hydrogens (tertiary/aromatic N) is 4. The summed E-state index contributed by atoms with van der Waals surface area (Å²) in [5, 5.41) is 7.17. The van der Waals surface area contributed by atoms with Crippen molar-refractivity contribution in [2.24, 2.45) is 0 Å². The van der Waals surface area contributed by atoms with Crippen molar-refractivity contribution in [1.82, 2.24) is 19.3 Å². The van der Waals surface area contributed by atoms with Gasteiger partial charge in [0.25, 0.3) is 0 Å². The van der Waals surface area contributed by atoms with Gasteiger partial charge in [-0.05, 0) is 121 Å². The molecule has 0 bridgehead atoms. The van der Waals surface area contributed by atoms with Gasteiger partial charge in [-0.3, -0.25) is 4.57 Å². The van der Waals surface area contributed by atoms with Crippen LogP contribution in [0.3, 0.4) is 0 Å². The van der Waals surface area contributed by atoms with E-state index in [0.717, 1.165) is 58.9 Å². The van der Waals surface area contributed by atoms with Crippen LogP contribution in [0, 0.1) is 20.8 Å². The molecule has 230 valence electrons. The zero-order valence-electron chi connectivity index (χ0n) is 27.6. The molecule has 0 aliphatic rings. The number of para-hydroxylation sites is 1. The number of pyridine rings is 1. The van der Waals surface area contributed by atoms with Gasteiger partial charge < -0.3 is 4.74 Å². The summed E-state index contributed by atoms with van der Waals surface area (Å²) in [6.45, 7) is 13.5. The van der Waals surface area contributed by atoms with Crippen molar-refractivity contribution in [2.75, 3.05) is 0 Å². The van der Waals surface area contributed by atoms with E-state index in [0.29, 0.717) is 0 Å². The lowest BCUT2D eigenvalue weighted by atomic mass is 9.83. The molecule has 0 amide bonds. The van der Waals surface area contributed by atoms with Gasteiger partial charge in [0.05, 0.1) is 22.9 Å². The van der Waals surface area contributed by atoms with E-state index in [1.54, 1.807) is 0 Å². The molecular formula is C41H40N4O. The van der Waals surface area contributed by atoms with Gasteiger partial charge in [-0.25, -0.2) is 9.67 Å². The molecular weight excluding hydrogens is 564 g/mol. The lowest BCUT2D eigenvalue weighted by Gasteiger charge is -2.22. The first-order valence-electron chi connectivity index (χ1n) is 16.3. The lowest BCUT2D eigenvalue weighted by molar-refractivity contribution is 0.483. The largest absolute Gasteiger partial charge is 0.457 e. The molecule has 3 heterocycles. The number of fused-ring (bicyclic) bond motifs is 3. The van der Waals surface area contributed by atoms with Crippen LogP contribution >= 0.6 is 0 Å². The minimum absolute atomic E-state index is 0.756. The Hall–Kier alpha value is -5.16. The fraction of sp³-hybridized carbons (Fsp3) is 0.220. The molecule has 5 nitrogen and oxygen atoms in total. The Morgan fingerprint density at radius 3 is 2.13 bits per heavy atom. The Bertz CT molecular complexity index is 2200. The number of aromatic nitrogens is 4. The van der Waals surface area contributed by atoms with Crippen LogP contribution in [0.2, 0.25) is 0 Å². The monoisotopic (exact) mass is 604 g/mol. The van der Waals surface area contributed by atoms with Gasteiger partial charge in [-0.15, -0.1) is 0 Å². The first-order valence-corrected chi connectivity index (χ1v) is 16.3. The predicted octanol–water partition coefficient (Wildman–Crippen LogP) is 10.4. The molecule has 0 atom stereocenters. The lowest BCUT2D eigenvalue weighted by Crippen LogP contribution is -2.06. The van der Waals surface area contributed by atoms with Crippen LogP contribution in [0.4, 0.5) is 0 Å². The van der Waals surface area contributed by atoms with Crippen molar-refractivity contribution in [2.45, 2.75) is 60.8 Å². The quantitative estimate of drug-likeness (QED) is 0.173. The van der Waals surface area contributed by atoms with Gasteiger partial charge in [0.2, 0.25) is 0 Å². The highest BCUT2D eigenvalue weighted by Crippen LogP contribution is 2.37. The average Bonchev–Trinajstić information content (AvgIpc) is 3.68. The van der Waals surface area contributed by atoms with Gasteiger partial charge in [-0.2, -0.15) is 5.10 Å². The molecule has 0 saturated heterocycles. The summed E-state index contributed by atoms with van der Waals surface area (Å²) >= 11 is 0. The third kappa shape index (κ3) is 4.96. The highest BCUT2D eigenvalue weighted by atomic mass is 16.5. The number of hydrogen-bond acceptors (Lipinski definition) is 3. The van der Waals surface area contributed by atoms with Gasteiger partial charge in [0, 0.05) is 40.9 Å². The number of aryl methyl sites for hydroxylation is 1. The molecule has 0 aliphatic carbocycles. The smallest absolute Gasteiger partial charge is 0.137 e. The van der Waals surface area contributed by atoms with E-state index in [9.17, 15) is 0 Å². The van der Waals surface area contributed by atoms with Crippen LogP contribution in [0.1, 0.15) is 54.2 Å². The minimum atomic E-state index is 0.756. The molecule has 0 aliphatic heterocycles. The normalized spacial score (nSPS) is 11.5. The summed E-state index contributed by atoms with van der Waals surface area (Å²) < 4.78 is 10.7. The van der Waals surface area contributed by atoms with Crippen molar-refractivity contribution in [1.29, 1.82) is 0 Å². The molecule has 7 aromatic rings. The molecule has 0 fully saturated rings. The summed E-state index contributed by atoms with van der Waals surface area (Å²) in [6, 6.07) is 27.1. The second kappa shape index (κ2) is 12.0. The molecule has 0 radical (unpaired) electrons. The summed E-state index contributed by atoms with van der Waals surface area (Å²) in [5.41, 5.74) is 14.0. The van der Waals surface area contributed by atoms with Crippen LogP contribution in [-0.4, -0.2) is 19.3 Å². The van der Waals surface area contributed by atoms with Crippen LogP contribution in [-0.2, 0) is 19.3 Å². The van der Waals surface area contributed by atoms with Crippen LogP contribution in [0.5, 0.6) is 11.5 Å². The van der Waals surface area contributed by atoms with Gasteiger partial charge in [0.15, 0.2) is 0 Å². The standard InChI is InChI=1S/C41H40N4O/c1-7-33-27(5)41(28(6)34(8-2)35(33)9-3)29-24-43-44(25-29)30-13-12-14-31(22-30)46-32-17-18-37-36-15-10-11-16-38(36)45(39(37)23-32)40-21-26(4)19-20-42-40/h10-25H,7-9H2,1-6H3. The van der Waals surface area contributed by atoms with Crippen LogP contribution in [0.25, 0.3) is 44.4 Å². The number of hydrogen-bond donors (Lipinski definition) is 0. The number of rotatable bonds is 8. The van der Waals surface area contributed by atoms with Crippen LogP contribution < -0.4 is 4.74 Å². The van der Waals surface area contributed by atoms with E-state index < -0.39 is 0 Å². The fourth-order valence-corrected chi connectivity index (χ4v) is 7.36. The maximum Gasteiger partial charge on any atom is 0.137 e. The van der Waals surface area contributed by atoms with E-state index in [2.05, 4.69) is 101 Å². The van der Waals surface area contributed by atoms with E-state index in [4.69, 9.17) is 14.8 Å². The second-order valence-electron chi connectivity index (χ2n) is 12.1. The molecule has 7 rings (SSSR count).